The van der Waals surface area contributed by atoms with Crippen LogP contribution >= 0.6 is 0 Å². The molecule has 0 spiro atoms. The Hall–Kier alpha value is -3.02. The summed E-state index contributed by atoms with van der Waals surface area (Å²) in [5.41, 5.74) is 6.67. The highest BCUT2D eigenvalue weighted by atomic mass is 16.6. The summed E-state index contributed by atoms with van der Waals surface area (Å²) in [7, 11) is 0. The van der Waals surface area contributed by atoms with E-state index in [1.54, 1.807) is 6.92 Å². The van der Waals surface area contributed by atoms with E-state index >= 15 is 0 Å². The van der Waals surface area contributed by atoms with Gasteiger partial charge in [-0.05, 0) is 55.7 Å². The van der Waals surface area contributed by atoms with Crippen molar-refractivity contribution in [3.05, 3.63) is 74.8 Å². The van der Waals surface area contributed by atoms with E-state index in [1.165, 1.54) is 29.8 Å². The van der Waals surface area contributed by atoms with Crippen LogP contribution < -0.4 is 5.43 Å². The molecule has 0 aliphatic heterocycles. The van der Waals surface area contributed by atoms with Gasteiger partial charge in [0, 0.05) is 17.7 Å². The van der Waals surface area contributed by atoms with Crippen molar-refractivity contribution in [2.24, 2.45) is 5.10 Å². The third-order valence-electron chi connectivity index (χ3n) is 3.59. The number of hydrogen-bond acceptors (Lipinski definition) is 4. The smallest absolute Gasteiger partial charge is 0.267 e. The van der Waals surface area contributed by atoms with E-state index in [9.17, 15) is 14.9 Å². The van der Waals surface area contributed by atoms with Crippen molar-refractivity contribution in [1.82, 2.24) is 5.43 Å². The second-order valence-corrected chi connectivity index (χ2v) is 5.24. The lowest BCUT2D eigenvalue weighted by Crippen LogP contribution is -2.19. The summed E-state index contributed by atoms with van der Waals surface area (Å²) in [6.07, 6.45) is 0. The number of carbonyl (C=O) groups is 1. The fraction of sp³-hybridized carbons (Fsp3) is 0.176. The number of amides is 1. The lowest BCUT2D eigenvalue weighted by molar-refractivity contribution is -0.384. The minimum absolute atomic E-state index is 0.0589. The molecular weight excluding hydrogens is 294 g/mol. The summed E-state index contributed by atoms with van der Waals surface area (Å²) in [4.78, 5) is 22.1. The van der Waals surface area contributed by atoms with Crippen LogP contribution in [-0.2, 0) is 0 Å². The number of non-ortho nitro benzene ring substituents is 1. The van der Waals surface area contributed by atoms with Crippen molar-refractivity contribution in [3.8, 4) is 0 Å². The van der Waals surface area contributed by atoms with Gasteiger partial charge in [0.2, 0.25) is 0 Å². The Morgan fingerprint density at radius 3 is 2.22 bits per heavy atom. The molecule has 0 bridgehead atoms. The first kappa shape index (κ1) is 16.4. The molecule has 6 nitrogen and oxygen atoms in total. The van der Waals surface area contributed by atoms with Crippen LogP contribution in [0, 0.1) is 24.0 Å². The van der Waals surface area contributed by atoms with E-state index in [2.05, 4.69) is 10.5 Å². The third-order valence-corrected chi connectivity index (χ3v) is 3.59. The number of carbonyl (C=O) groups excluding carboxylic acids is 1. The van der Waals surface area contributed by atoms with E-state index in [-0.39, 0.29) is 5.69 Å². The number of benzene rings is 2. The van der Waals surface area contributed by atoms with Gasteiger partial charge >= 0.3 is 0 Å². The largest absolute Gasteiger partial charge is 0.271 e. The molecule has 0 radical (unpaired) electrons. The molecule has 2 rings (SSSR count). The number of aryl methyl sites for hydroxylation is 2. The molecule has 0 aliphatic carbocycles. The first-order chi connectivity index (χ1) is 10.9. The molecule has 6 heteroatoms. The Bertz CT molecular complexity index is 780. The summed E-state index contributed by atoms with van der Waals surface area (Å²) in [6, 6.07) is 11.3. The van der Waals surface area contributed by atoms with Crippen LogP contribution in [0.3, 0.4) is 0 Å². The van der Waals surface area contributed by atoms with Gasteiger partial charge in [-0.2, -0.15) is 5.10 Å². The molecule has 2 aromatic carbocycles. The first-order valence-electron chi connectivity index (χ1n) is 7.05. The summed E-state index contributed by atoms with van der Waals surface area (Å²) in [6.45, 7) is 5.85. The zero-order valence-corrected chi connectivity index (χ0v) is 13.2. The van der Waals surface area contributed by atoms with Crippen molar-refractivity contribution in [2.75, 3.05) is 0 Å². The standard InChI is InChI=1S/C17H17N3O3/c1-11-4-5-15(10-12(11)2)13(3)18-19-17(21)14-6-8-16(9-7-14)20(22)23/h4-10H,1-3H3,(H,19,21). The highest BCUT2D eigenvalue weighted by Crippen LogP contribution is 2.12. The van der Waals surface area contributed by atoms with Crippen LogP contribution in [-0.4, -0.2) is 16.5 Å². The maximum atomic E-state index is 12.0. The van der Waals surface area contributed by atoms with Crippen molar-refractivity contribution in [3.63, 3.8) is 0 Å². The number of nitro benzene ring substituents is 1. The zero-order valence-electron chi connectivity index (χ0n) is 13.2. The maximum Gasteiger partial charge on any atom is 0.271 e. The minimum atomic E-state index is -0.510. The number of nitrogens with zero attached hydrogens (tertiary/aromatic N) is 2. The predicted molar refractivity (Wildman–Crippen MR) is 88.7 cm³/mol. The fourth-order valence-corrected chi connectivity index (χ4v) is 1.96. The van der Waals surface area contributed by atoms with Gasteiger partial charge in [0.1, 0.15) is 0 Å². The highest BCUT2D eigenvalue weighted by molar-refractivity contribution is 6.01. The third kappa shape index (κ3) is 4.00. The Balaban J connectivity index is 2.10. The molecule has 1 N–H and O–H groups in total. The van der Waals surface area contributed by atoms with Crippen LogP contribution in [0.15, 0.2) is 47.6 Å². The van der Waals surface area contributed by atoms with E-state index in [0.29, 0.717) is 11.3 Å². The summed E-state index contributed by atoms with van der Waals surface area (Å²) < 4.78 is 0. The van der Waals surface area contributed by atoms with Gasteiger partial charge in [-0.25, -0.2) is 5.43 Å². The van der Waals surface area contributed by atoms with Crippen molar-refractivity contribution >= 4 is 17.3 Å². The first-order valence-corrected chi connectivity index (χ1v) is 7.05. The van der Waals surface area contributed by atoms with Crippen LogP contribution in [0.5, 0.6) is 0 Å². The van der Waals surface area contributed by atoms with Gasteiger partial charge in [-0.1, -0.05) is 12.1 Å². The summed E-state index contributed by atoms with van der Waals surface area (Å²) >= 11 is 0. The Kier molecular flexibility index (Phi) is 4.85. The lowest BCUT2D eigenvalue weighted by atomic mass is 10.0. The molecule has 0 aromatic heterocycles. The monoisotopic (exact) mass is 311 g/mol. The van der Waals surface area contributed by atoms with Gasteiger partial charge in [0.05, 0.1) is 10.6 Å². The zero-order chi connectivity index (χ0) is 17.0. The Morgan fingerprint density at radius 2 is 1.65 bits per heavy atom. The Labute approximate surface area is 134 Å². The van der Waals surface area contributed by atoms with Gasteiger partial charge < -0.3 is 0 Å². The molecule has 0 atom stereocenters. The van der Waals surface area contributed by atoms with Crippen molar-refractivity contribution in [1.29, 1.82) is 0 Å². The van der Waals surface area contributed by atoms with Gasteiger partial charge in [-0.3, -0.25) is 14.9 Å². The van der Waals surface area contributed by atoms with E-state index < -0.39 is 10.8 Å². The molecule has 0 saturated carbocycles. The minimum Gasteiger partial charge on any atom is -0.267 e. The SMILES string of the molecule is CC(=NNC(=O)c1ccc([N+](=O)[O-])cc1)c1ccc(C)c(C)c1. The predicted octanol–water partition coefficient (Wildman–Crippen LogP) is 3.37. The molecule has 0 fully saturated rings. The molecule has 0 unspecified atom stereocenters. The summed E-state index contributed by atoms with van der Waals surface area (Å²) in [5, 5.41) is 14.7. The maximum absolute atomic E-state index is 12.0. The van der Waals surface area contributed by atoms with Gasteiger partial charge in [0.25, 0.3) is 11.6 Å². The average Bonchev–Trinajstić information content (AvgIpc) is 2.54. The number of hydrazone groups is 1. The molecule has 1 amide bonds. The van der Waals surface area contributed by atoms with Crippen molar-refractivity contribution in [2.45, 2.75) is 20.8 Å². The van der Waals surface area contributed by atoms with Crippen LogP contribution in [0.25, 0.3) is 0 Å². The second kappa shape index (κ2) is 6.83. The van der Waals surface area contributed by atoms with Crippen LogP contribution in [0.4, 0.5) is 5.69 Å². The molecule has 0 heterocycles. The Morgan fingerprint density at radius 1 is 1.04 bits per heavy atom. The quantitative estimate of drug-likeness (QED) is 0.533. The molecule has 118 valence electrons. The average molecular weight is 311 g/mol. The molecule has 0 saturated heterocycles. The van der Waals surface area contributed by atoms with E-state index in [1.807, 2.05) is 32.0 Å². The van der Waals surface area contributed by atoms with Crippen LogP contribution in [0.1, 0.15) is 34.0 Å². The number of rotatable bonds is 4. The molecule has 0 aliphatic rings. The van der Waals surface area contributed by atoms with Crippen molar-refractivity contribution < 1.29 is 9.72 Å². The fourth-order valence-electron chi connectivity index (χ4n) is 1.96. The normalized spacial score (nSPS) is 11.2. The molecular formula is C17H17N3O3. The number of nitrogens with one attached hydrogen (secondary N) is 1. The number of hydrogen-bond donors (Lipinski definition) is 1. The van der Waals surface area contributed by atoms with E-state index in [0.717, 1.165) is 11.1 Å². The summed E-state index contributed by atoms with van der Waals surface area (Å²) in [5.74, 6) is -0.414. The van der Waals surface area contributed by atoms with Crippen LogP contribution in [0.2, 0.25) is 0 Å². The molecule has 2 aromatic rings. The second-order valence-electron chi connectivity index (χ2n) is 5.24. The van der Waals surface area contributed by atoms with Gasteiger partial charge in [-0.15, -0.1) is 0 Å². The highest BCUT2D eigenvalue weighted by Gasteiger charge is 2.09. The molecule has 23 heavy (non-hydrogen) atoms. The number of nitro groups is 1. The van der Waals surface area contributed by atoms with E-state index in [4.69, 9.17) is 0 Å². The van der Waals surface area contributed by atoms with Gasteiger partial charge in [0.15, 0.2) is 0 Å². The lowest BCUT2D eigenvalue weighted by Gasteiger charge is -2.06. The topological polar surface area (TPSA) is 84.6 Å².